The van der Waals surface area contributed by atoms with E-state index in [9.17, 15) is 9.90 Å². The zero-order valence-electron chi connectivity index (χ0n) is 8.80. The van der Waals surface area contributed by atoms with Gasteiger partial charge in [0.2, 0.25) is 0 Å². The number of aliphatic carboxylic acids is 1. The van der Waals surface area contributed by atoms with Gasteiger partial charge in [0.15, 0.2) is 11.5 Å². The predicted octanol–water partition coefficient (Wildman–Crippen LogP) is 1.88. The summed E-state index contributed by atoms with van der Waals surface area (Å²) in [6, 6.07) is 6.57. The smallest absolute Gasteiger partial charge is 0.310 e. The summed E-state index contributed by atoms with van der Waals surface area (Å²) in [5, 5.41) is 18.4. The number of rotatable bonds is 5. The lowest BCUT2D eigenvalue weighted by molar-refractivity contribution is -0.143. The summed E-state index contributed by atoms with van der Waals surface area (Å²) in [4.78, 5) is 10.9. The Morgan fingerprint density at radius 3 is 2.69 bits per heavy atom. The zero-order valence-corrected chi connectivity index (χ0v) is 8.80. The number of para-hydroxylation sites is 2. The van der Waals surface area contributed by atoms with Gasteiger partial charge in [-0.05, 0) is 30.9 Å². The highest BCUT2D eigenvalue weighted by Gasteiger charge is 2.36. The number of hydrogen-bond donors (Lipinski definition) is 2. The number of carboxylic acid groups (broad SMARTS) is 1. The second kappa shape index (κ2) is 4.43. The van der Waals surface area contributed by atoms with Gasteiger partial charge in [0.25, 0.3) is 0 Å². The van der Waals surface area contributed by atoms with Gasteiger partial charge in [-0.3, -0.25) is 4.79 Å². The van der Waals surface area contributed by atoms with Crippen LogP contribution in [0.15, 0.2) is 24.3 Å². The number of carboxylic acids is 1. The lowest BCUT2D eigenvalue weighted by atomic mass is 10.1. The van der Waals surface area contributed by atoms with Crippen LogP contribution in [0, 0.1) is 11.8 Å². The first-order valence-electron chi connectivity index (χ1n) is 5.32. The van der Waals surface area contributed by atoms with E-state index in [1.807, 2.05) is 0 Å². The van der Waals surface area contributed by atoms with Gasteiger partial charge >= 0.3 is 5.97 Å². The molecule has 0 radical (unpaired) electrons. The molecule has 1 aromatic rings. The standard InChI is InChI=1S/C12H14O4/c13-10-3-1-2-4-11(10)16-7-9(12(14)15)8-5-6-8/h1-4,8-9,13H,5-7H2,(H,14,15). The van der Waals surface area contributed by atoms with E-state index in [1.54, 1.807) is 18.2 Å². The van der Waals surface area contributed by atoms with Crippen LogP contribution in [0.5, 0.6) is 11.5 Å². The van der Waals surface area contributed by atoms with Crippen LogP contribution in [0.25, 0.3) is 0 Å². The van der Waals surface area contributed by atoms with Crippen LogP contribution in [0.2, 0.25) is 0 Å². The van der Waals surface area contributed by atoms with Gasteiger partial charge in [-0.25, -0.2) is 0 Å². The van der Waals surface area contributed by atoms with Crippen LogP contribution >= 0.6 is 0 Å². The van der Waals surface area contributed by atoms with E-state index in [2.05, 4.69) is 0 Å². The molecule has 4 nitrogen and oxygen atoms in total. The minimum absolute atomic E-state index is 0.0439. The lowest BCUT2D eigenvalue weighted by Gasteiger charge is -2.13. The fourth-order valence-electron chi connectivity index (χ4n) is 1.67. The van der Waals surface area contributed by atoms with Crippen LogP contribution in [0.4, 0.5) is 0 Å². The summed E-state index contributed by atoms with van der Waals surface area (Å²) in [6.07, 6.45) is 1.92. The first-order chi connectivity index (χ1) is 7.68. The van der Waals surface area contributed by atoms with E-state index in [0.29, 0.717) is 5.75 Å². The molecule has 0 aliphatic heterocycles. The number of benzene rings is 1. The van der Waals surface area contributed by atoms with E-state index < -0.39 is 11.9 Å². The quantitative estimate of drug-likeness (QED) is 0.798. The molecule has 1 saturated carbocycles. The summed E-state index contributed by atoms with van der Waals surface area (Å²) >= 11 is 0. The van der Waals surface area contributed by atoms with Crippen molar-refractivity contribution in [2.45, 2.75) is 12.8 Å². The fourth-order valence-corrected chi connectivity index (χ4v) is 1.67. The molecule has 0 saturated heterocycles. The van der Waals surface area contributed by atoms with Crippen molar-refractivity contribution in [2.24, 2.45) is 11.8 Å². The van der Waals surface area contributed by atoms with Gasteiger partial charge in [0.1, 0.15) is 6.61 Å². The predicted molar refractivity (Wildman–Crippen MR) is 57.5 cm³/mol. The highest BCUT2D eigenvalue weighted by molar-refractivity contribution is 5.71. The number of ether oxygens (including phenoxy) is 1. The van der Waals surface area contributed by atoms with Gasteiger partial charge in [0, 0.05) is 0 Å². The van der Waals surface area contributed by atoms with Crippen molar-refractivity contribution < 1.29 is 19.7 Å². The topological polar surface area (TPSA) is 66.8 Å². The van der Waals surface area contributed by atoms with E-state index in [1.165, 1.54) is 6.07 Å². The number of aromatic hydroxyl groups is 1. The molecule has 1 aromatic carbocycles. The maximum absolute atomic E-state index is 10.9. The number of phenols is 1. The molecule has 0 bridgehead atoms. The summed E-state index contributed by atoms with van der Waals surface area (Å²) in [6.45, 7) is 0.123. The third-order valence-electron chi connectivity index (χ3n) is 2.79. The first kappa shape index (κ1) is 10.8. The van der Waals surface area contributed by atoms with Gasteiger partial charge in [-0.1, -0.05) is 12.1 Å². The Morgan fingerprint density at radius 2 is 2.12 bits per heavy atom. The molecule has 1 aliphatic rings. The Morgan fingerprint density at radius 1 is 1.44 bits per heavy atom. The lowest BCUT2D eigenvalue weighted by Crippen LogP contribution is -2.23. The third kappa shape index (κ3) is 2.45. The monoisotopic (exact) mass is 222 g/mol. The van der Waals surface area contributed by atoms with Gasteiger partial charge < -0.3 is 14.9 Å². The molecule has 1 aliphatic carbocycles. The first-order valence-corrected chi connectivity index (χ1v) is 5.32. The van der Waals surface area contributed by atoms with Crippen molar-refractivity contribution in [3.05, 3.63) is 24.3 Å². The molecule has 0 amide bonds. The molecule has 2 rings (SSSR count). The van der Waals surface area contributed by atoms with Crippen molar-refractivity contribution in [3.63, 3.8) is 0 Å². The average Bonchev–Trinajstić information content (AvgIpc) is 3.04. The highest BCUT2D eigenvalue weighted by atomic mass is 16.5. The molecule has 16 heavy (non-hydrogen) atoms. The zero-order chi connectivity index (χ0) is 11.5. The summed E-state index contributed by atoms with van der Waals surface area (Å²) < 4.78 is 5.33. The number of hydrogen-bond acceptors (Lipinski definition) is 3. The largest absolute Gasteiger partial charge is 0.504 e. The maximum Gasteiger partial charge on any atom is 0.310 e. The molecular formula is C12H14O4. The second-order valence-electron chi connectivity index (χ2n) is 4.06. The van der Waals surface area contributed by atoms with Crippen LogP contribution < -0.4 is 4.74 Å². The van der Waals surface area contributed by atoms with Crippen LogP contribution in [0.1, 0.15) is 12.8 Å². The minimum Gasteiger partial charge on any atom is -0.504 e. The molecule has 1 fully saturated rings. The fraction of sp³-hybridized carbons (Fsp3) is 0.417. The summed E-state index contributed by atoms with van der Waals surface area (Å²) in [7, 11) is 0. The summed E-state index contributed by atoms with van der Waals surface area (Å²) in [5.74, 6) is -0.655. The molecule has 1 atom stereocenters. The van der Waals surface area contributed by atoms with Gasteiger partial charge in [-0.2, -0.15) is 0 Å². The molecule has 4 heteroatoms. The Hall–Kier alpha value is -1.71. The Kier molecular flexibility index (Phi) is 2.99. The molecule has 0 aromatic heterocycles. The van der Waals surface area contributed by atoms with E-state index in [4.69, 9.17) is 9.84 Å². The minimum atomic E-state index is -0.821. The van der Waals surface area contributed by atoms with Crippen molar-refractivity contribution >= 4 is 5.97 Å². The molecule has 0 heterocycles. The van der Waals surface area contributed by atoms with Crippen LogP contribution in [0.3, 0.4) is 0 Å². The Balaban J connectivity index is 1.95. The SMILES string of the molecule is O=C(O)C(COc1ccccc1O)C1CC1. The van der Waals surface area contributed by atoms with Gasteiger partial charge in [-0.15, -0.1) is 0 Å². The third-order valence-corrected chi connectivity index (χ3v) is 2.79. The van der Waals surface area contributed by atoms with Crippen molar-refractivity contribution in [1.82, 2.24) is 0 Å². The summed E-state index contributed by atoms with van der Waals surface area (Å²) in [5.41, 5.74) is 0. The normalized spacial score (nSPS) is 16.8. The molecule has 86 valence electrons. The molecule has 1 unspecified atom stereocenters. The van der Waals surface area contributed by atoms with Gasteiger partial charge in [0.05, 0.1) is 5.92 Å². The van der Waals surface area contributed by atoms with Crippen LogP contribution in [-0.2, 0) is 4.79 Å². The number of carbonyl (C=O) groups is 1. The number of phenolic OH excluding ortho intramolecular Hbond substituents is 1. The molecule has 0 spiro atoms. The van der Waals surface area contributed by atoms with Crippen molar-refractivity contribution in [1.29, 1.82) is 0 Å². The highest BCUT2D eigenvalue weighted by Crippen LogP contribution is 2.37. The maximum atomic E-state index is 10.9. The van der Waals surface area contributed by atoms with Crippen molar-refractivity contribution in [2.75, 3.05) is 6.61 Å². The van der Waals surface area contributed by atoms with Crippen molar-refractivity contribution in [3.8, 4) is 11.5 Å². The van der Waals surface area contributed by atoms with E-state index >= 15 is 0 Å². The van der Waals surface area contributed by atoms with Crippen LogP contribution in [-0.4, -0.2) is 22.8 Å². The Bertz CT molecular complexity index is 384. The Labute approximate surface area is 93.5 Å². The second-order valence-corrected chi connectivity index (χ2v) is 4.06. The van der Waals surface area contributed by atoms with E-state index in [0.717, 1.165) is 12.8 Å². The van der Waals surface area contributed by atoms with E-state index in [-0.39, 0.29) is 18.3 Å². The molecular weight excluding hydrogens is 208 g/mol. The molecule has 2 N–H and O–H groups in total. The average molecular weight is 222 g/mol.